The molecule has 1 amide bonds. The van der Waals surface area contributed by atoms with Gasteiger partial charge in [-0.3, -0.25) is 9.78 Å². The molecule has 4 aromatic rings. The van der Waals surface area contributed by atoms with Gasteiger partial charge in [0, 0.05) is 30.3 Å². The van der Waals surface area contributed by atoms with E-state index >= 15 is 4.39 Å². The predicted octanol–water partition coefficient (Wildman–Crippen LogP) is 4.59. The van der Waals surface area contributed by atoms with E-state index in [1.165, 1.54) is 24.4 Å². The molecular formula is C27H25F2N5O2. The van der Waals surface area contributed by atoms with Gasteiger partial charge in [-0.05, 0) is 47.4 Å². The Morgan fingerprint density at radius 1 is 1.22 bits per heavy atom. The molecule has 2 aromatic heterocycles. The van der Waals surface area contributed by atoms with Gasteiger partial charge in [0.25, 0.3) is 0 Å². The fraction of sp³-hybridized carbons (Fsp3) is 0.333. The normalized spacial score (nSPS) is 19.2. The molecule has 2 saturated heterocycles. The lowest BCUT2D eigenvalue weighted by atomic mass is 9.94. The van der Waals surface area contributed by atoms with Crippen LogP contribution in [-0.4, -0.2) is 44.6 Å². The molecule has 4 heterocycles. The maximum atomic E-state index is 16.3. The zero-order chi connectivity index (χ0) is 25.3. The number of pyridine rings is 1. The van der Waals surface area contributed by atoms with Gasteiger partial charge in [-0.15, -0.1) is 0 Å². The van der Waals surface area contributed by atoms with Crippen LogP contribution in [0.15, 0.2) is 30.5 Å². The van der Waals surface area contributed by atoms with E-state index in [1.807, 2.05) is 25.7 Å². The molecule has 184 valence electrons. The van der Waals surface area contributed by atoms with Gasteiger partial charge in [-0.2, -0.15) is 0 Å². The molecule has 2 bridgehead atoms. The van der Waals surface area contributed by atoms with E-state index < -0.39 is 11.6 Å². The van der Waals surface area contributed by atoms with Crippen LogP contribution in [0.4, 0.5) is 14.6 Å². The monoisotopic (exact) mass is 489 g/mol. The summed E-state index contributed by atoms with van der Waals surface area (Å²) in [6.45, 7) is 6.26. The molecule has 9 heteroatoms. The van der Waals surface area contributed by atoms with Crippen LogP contribution in [0.1, 0.15) is 44.5 Å². The SMILES string of the molecule is CCc1c(F)ccc2cc(O)cc(-c3ncc4c(N5C[C@H]6C[C@@H]5C(=O)N6)nc(C(C)C)nc4c3F)c12. The highest BCUT2D eigenvalue weighted by Gasteiger charge is 2.45. The molecule has 36 heavy (non-hydrogen) atoms. The number of phenols is 1. The predicted molar refractivity (Wildman–Crippen MR) is 133 cm³/mol. The van der Waals surface area contributed by atoms with E-state index in [0.29, 0.717) is 58.3 Å². The van der Waals surface area contributed by atoms with Crippen LogP contribution in [0.25, 0.3) is 32.9 Å². The lowest BCUT2D eigenvalue weighted by molar-refractivity contribution is -0.121. The van der Waals surface area contributed by atoms with Crippen molar-refractivity contribution in [3.8, 4) is 17.0 Å². The molecule has 7 nitrogen and oxygen atoms in total. The quantitative estimate of drug-likeness (QED) is 0.436. The van der Waals surface area contributed by atoms with E-state index in [4.69, 9.17) is 4.98 Å². The number of hydrogen-bond acceptors (Lipinski definition) is 6. The summed E-state index contributed by atoms with van der Waals surface area (Å²) in [4.78, 5) is 28.0. The summed E-state index contributed by atoms with van der Waals surface area (Å²) in [7, 11) is 0. The zero-order valence-corrected chi connectivity index (χ0v) is 20.1. The summed E-state index contributed by atoms with van der Waals surface area (Å²) in [6, 6.07) is 5.53. The van der Waals surface area contributed by atoms with Gasteiger partial charge in [0.05, 0.1) is 5.39 Å². The van der Waals surface area contributed by atoms with Gasteiger partial charge in [0.15, 0.2) is 5.82 Å². The first kappa shape index (κ1) is 22.6. The van der Waals surface area contributed by atoms with Gasteiger partial charge >= 0.3 is 0 Å². The Balaban J connectivity index is 1.62. The Bertz CT molecular complexity index is 1570. The van der Waals surface area contributed by atoms with E-state index in [0.717, 1.165) is 0 Å². The van der Waals surface area contributed by atoms with Crippen molar-refractivity contribution >= 4 is 33.4 Å². The number of benzene rings is 2. The number of nitrogens with zero attached hydrogens (tertiary/aromatic N) is 4. The molecule has 2 aromatic carbocycles. The third-order valence-corrected chi connectivity index (χ3v) is 7.18. The summed E-state index contributed by atoms with van der Waals surface area (Å²) >= 11 is 0. The largest absolute Gasteiger partial charge is 0.508 e. The van der Waals surface area contributed by atoms with Crippen LogP contribution in [-0.2, 0) is 11.2 Å². The van der Waals surface area contributed by atoms with Crippen molar-refractivity contribution < 1.29 is 18.7 Å². The Labute approximate surface area is 206 Å². The van der Waals surface area contributed by atoms with Crippen LogP contribution >= 0.6 is 0 Å². The molecule has 6 rings (SSSR count). The number of phenolic OH excluding ortho intramolecular Hbond substituents is 1. The number of aromatic nitrogens is 3. The molecule has 2 N–H and O–H groups in total. The van der Waals surface area contributed by atoms with Crippen LogP contribution < -0.4 is 10.2 Å². The minimum Gasteiger partial charge on any atom is -0.508 e. The molecule has 2 aliphatic rings. The first-order chi connectivity index (χ1) is 17.3. The second-order valence-electron chi connectivity index (χ2n) is 9.82. The second kappa shape index (κ2) is 8.08. The van der Waals surface area contributed by atoms with Crippen molar-refractivity contribution in [3.05, 3.63) is 53.5 Å². The minimum absolute atomic E-state index is 0.0243. The minimum atomic E-state index is -0.676. The Kier molecular flexibility index (Phi) is 5.07. The van der Waals surface area contributed by atoms with Crippen LogP contribution in [0.2, 0.25) is 0 Å². The lowest BCUT2D eigenvalue weighted by Gasteiger charge is -2.29. The number of halogens is 2. The summed E-state index contributed by atoms with van der Waals surface area (Å²) < 4.78 is 31.0. The number of carbonyl (C=O) groups excluding carboxylic acids is 1. The number of aromatic hydroxyl groups is 1. The number of anilines is 1. The lowest BCUT2D eigenvalue weighted by Crippen LogP contribution is -2.48. The molecule has 2 fully saturated rings. The maximum absolute atomic E-state index is 16.3. The zero-order valence-electron chi connectivity index (χ0n) is 20.1. The average Bonchev–Trinajstić information content (AvgIpc) is 3.43. The number of nitrogens with one attached hydrogen (secondary N) is 1. The average molecular weight is 490 g/mol. The standard InChI is InChI=1S/C27H25F2N5O2/c1-4-16-19(28)6-5-13-7-15(35)9-17(21(13)16)23-22(29)24-18(10-30-23)26(33-25(32-24)12(2)3)34-11-14-8-20(34)27(36)31-14/h5-7,9-10,12,14,20,35H,4,8,11H2,1-3H3,(H,31,36)/t14-,20-/m1/s1. The Morgan fingerprint density at radius 3 is 2.72 bits per heavy atom. The summed E-state index contributed by atoms with van der Waals surface area (Å²) in [5.41, 5.74) is 0.785. The second-order valence-corrected chi connectivity index (χ2v) is 9.82. The van der Waals surface area contributed by atoms with Crippen molar-refractivity contribution in [1.29, 1.82) is 0 Å². The number of hydrogen-bond donors (Lipinski definition) is 2. The van der Waals surface area contributed by atoms with Gasteiger partial charge < -0.3 is 15.3 Å². The van der Waals surface area contributed by atoms with Crippen LogP contribution in [0.3, 0.4) is 0 Å². The summed E-state index contributed by atoms with van der Waals surface area (Å²) in [5, 5.41) is 14.8. The smallest absolute Gasteiger partial charge is 0.243 e. The molecule has 0 saturated carbocycles. The highest BCUT2D eigenvalue weighted by Crippen LogP contribution is 2.40. The Morgan fingerprint density at radius 2 is 2.03 bits per heavy atom. The van der Waals surface area contributed by atoms with Gasteiger partial charge in [-0.25, -0.2) is 18.7 Å². The highest BCUT2D eigenvalue weighted by molar-refractivity contribution is 6.02. The van der Waals surface area contributed by atoms with Crippen LogP contribution in [0, 0.1) is 11.6 Å². The molecule has 2 aliphatic heterocycles. The molecule has 0 unspecified atom stereocenters. The van der Waals surface area contributed by atoms with Gasteiger partial charge in [0.2, 0.25) is 5.91 Å². The van der Waals surface area contributed by atoms with E-state index in [-0.39, 0.29) is 40.9 Å². The summed E-state index contributed by atoms with van der Waals surface area (Å²) in [5.74, 6) is -0.340. The van der Waals surface area contributed by atoms with Crippen LogP contribution in [0.5, 0.6) is 5.75 Å². The number of rotatable bonds is 4. The number of carbonyl (C=O) groups is 1. The van der Waals surface area contributed by atoms with E-state index in [1.54, 1.807) is 6.07 Å². The summed E-state index contributed by atoms with van der Waals surface area (Å²) in [6.07, 6.45) is 2.58. The topological polar surface area (TPSA) is 91.2 Å². The fourth-order valence-corrected chi connectivity index (χ4v) is 5.48. The number of fused-ring (bicyclic) bond motifs is 4. The first-order valence-corrected chi connectivity index (χ1v) is 12.1. The molecular weight excluding hydrogens is 464 g/mol. The third-order valence-electron chi connectivity index (χ3n) is 7.18. The highest BCUT2D eigenvalue weighted by atomic mass is 19.1. The fourth-order valence-electron chi connectivity index (χ4n) is 5.48. The number of amides is 1. The molecule has 0 aliphatic carbocycles. The van der Waals surface area contributed by atoms with Gasteiger partial charge in [0.1, 0.15) is 40.5 Å². The van der Waals surface area contributed by atoms with E-state index in [9.17, 15) is 14.3 Å². The number of piperazine rings is 1. The van der Waals surface area contributed by atoms with Crippen molar-refractivity contribution in [2.45, 2.75) is 51.6 Å². The van der Waals surface area contributed by atoms with Crippen molar-refractivity contribution in [1.82, 2.24) is 20.3 Å². The molecule has 2 atom stereocenters. The molecule has 0 spiro atoms. The third kappa shape index (κ3) is 3.29. The van der Waals surface area contributed by atoms with Crippen molar-refractivity contribution in [2.24, 2.45) is 0 Å². The molecule has 0 radical (unpaired) electrons. The maximum Gasteiger partial charge on any atom is 0.243 e. The van der Waals surface area contributed by atoms with Crippen molar-refractivity contribution in [2.75, 3.05) is 11.4 Å². The van der Waals surface area contributed by atoms with Crippen molar-refractivity contribution in [3.63, 3.8) is 0 Å². The number of aryl methyl sites for hydroxylation is 1. The Hall–Kier alpha value is -3.88. The van der Waals surface area contributed by atoms with E-state index in [2.05, 4.69) is 15.3 Å². The van der Waals surface area contributed by atoms with Gasteiger partial charge in [-0.1, -0.05) is 26.8 Å². The first-order valence-electron chi connectivity index (χ1n) is 12.1.